The Morgan fingerprint density at radius 2 is 2.17 bits per heavy atom. The van der Waals surface area contributed by atoms with E-state index in [4.69, 9.17) is 0 Å². The van der Waals surface area contributed by atoms with Crippen LogP contribution in [-0.2, 0) is 0 Å². The summed E-state index contributed by atoms with van der Waals surface area (Å²) in [5.74, 6) is 0.334. The number of anilines is 1. The minimum atomic E-state index is -0.384. The summed E-state index contributed by atoms with van der Waals surface area (Å²) in [5, 5.41) is 12.5. The summed E-state index contributed by atoms with van der Waals surface area (Å²) in [5.41, 5.74) is 0.568. The van der Waals surface area contributed by atoms with Gasteiger partial charge in [-0.15, -0.1) is 0 Å². The molecule has 0 bridgehead atoms. The number of aliphatic hydroxyl groups is 1. The summed E-state index contributed by atoms with van der Waals surface area (Å²) in [6.45, 7) is 3.93. The Morgan fingerprint density at radius 1 is 1.39 bits per heavy atom. The molecule has 23 heavy (non-hydrogen) atoms. The molecule has 0 radical (unpaired) electrons. The molecule has 0 spiro atoms. The van der Waals surface area contributed by atoms with Crippen LogP contribution in [0.1, 0.15) is 44.3 Å². The van der Waals surface area contributed by atoms with Gasteiger partial charge in [-0.1, -0.05) is 0 Å². The highest BCUT2D eigenvalue weighted by Gasteiger charge is 2.36. The van der Waals surface area contributed by atoms with Gasteiger partial charge in [0, 0.05) is 18.3 Å². The fraction of sp³-hybridized carbons (Fsp3) is 0.500. The Kier molecular flexibility index (Phi) is 4.21. The van der Waals surface area contributed by atoms with Crippen molar-refractivity contribution in [2.75, 3.05) is 11.5 Å². The Hall–Kier alpha value is -2.15. The van der Waals surface area contributed by atoms with Gasteiger partial charge in [0.25, 0.3) is 5.56 Å². The quantitative estimate of drug-likeness (QED) is 0.903. The normalized spacial score (nSPS) is 21.3. The molecule has 7 heteroatoms. The first kappa shape index (κ1) is 15.7. The van der Waals surface area contributed by atoms with Gasteiger partial charge in [-0.25, -0.2) is 4.39 Å². The fourth-order valence-corrected chi connectivity index (χ4v) is 3.33. The third-order valence-corrected chi connectivity index (χ3v) is 4.34. The number of pyridine rings is 1. The Morgan fingerprint density at radius 3 is 2.83 bits per heavy atom. The summed E-state index contributed by atoms with van der Waals surface area (Å²) in [4.78, 5) is 17.8. The van der Waals surface area contributed by atoms with Gasteiger partial charge in [0.2, 0.25) is 0 Å². The van der Waals surface area contributed by atoms with Gasteiger partial charge < -0.3 is 10.0 Å². The van der Waals surface area contributed by atoms with Crippen LogP contribution in [0.5, 0.6) is 0 Å². The highest BCUT2D eigenvalue weighted by molar-refractivity contribution is 5.46. The molecule has 2 aromatic rings. The first-order valence-electron chi connectivity index (χ1n) is 7.82. The lowest BCUT2D eigenvalue weighted by Gasteiger charge is -2.32. The Balaban J connectivity index is 2.07. The van der Waals surface area contributed by atoms with Crippen LogP contribution in [0.25, 0.3) is 0 Å². The molecular weight excluding hydrogens is 299 g/mol. The molecule has 124 valence electrons. The average molecular weight is 320 g/mol. The second kappa shape index (κ2) is 6.16. The third kappa shape index (κ3) is 2.88. The molecule has 0 unspecified atom stereocenters. The largest absolute Gasteiger partial charge is 0.394 e. The zero-order valence-corrected chi connectivity index (χ0v) is 13.2. The highest BCUT2D eigenvalue weighted by atomic mass is 19.1. The third-order valence-electron chi connectivity index (χ3n) is 4.34. The molecule has 1 aliphatic rings. The summed E-state index contributed by atoms with van der Waals surface area (Å²) < 4.78 is 15.3. The van der Waals surface area contributed by atoms with Crippen LogP contribution in [0.3, 0.4) is 0 Å². The van der Waals surface area contributed by atoms with Crippen LogP contribution < -0.4 is 10.5 Å². The molecule has 1 saturated heterocycles. The van der Waals surface area contributed by atoms with E-state index in [-0.39, 0.29) is 36.1 Å². The molecule has 0 aromatic carbocycles. The van der Waals surface area contributed by atoms with E-state index < -0.39 is 0 Å². The van der Waals surface area contributed by atoms with Crippen molar-refractivity contribution in [1.82, 2.24) is 14.8 Å². The number of aromatic amines is 1. The van der Waals surface area contributed by atoms with Crippen molar-refractivity contribution in [2.24, 2.45) is 0 Å². The topological polar surface area (TPSA) is 74.2 Å². The minimum Gasteiger partial charge on any atom is -0.394 e. The number of nitrogens with zero attached hydrogens (tertiary/aromatic N) is 3. The van der Waals surface area contributed by atoms with Crippen molar-refractivity contribution in [3.8, 4) is 0 Å². The van der Waals surface area contributed by atoms with Gasteiger partial charge in [0.1, 0.15) is 11.6 Å². The number of hydrogen-bond acceptors (Lipinski definition) is 4. The highest BCUT2D eigenvalue weighted by Crippen LogP contribution is 2.39. The summed E-state index contributed by atoms with van der Waals surface area (Å²) in [7, 11) is 0. The van der Waals surface area contributed by atoms with E-state index in [1.165, 1.54) is 18.3 Å². The first-order valence-corrected chi connectivity index (χ1v) is 7.82. The van der Waals surface area contributed by atoms with E-state index in [0.29, 0.717) is 0 Å². The van der Waals surface area contributed by atoms with Crippen LogP contribution in [0, 0.1) is 5.82 Å². The second-order valence-electron chi connectivity index (χ2n) is 6.22. The summed E-state index contributed by atoms with van der Waals surface area (Å²) in [6, 6.07) is 2.85. The number of H-pyrrole nitrogens is 1. The van der Waals surface area contributed by atoms with Crippen LogP contribution in [0.2, 0.25) is 0 Å². The first-order chi connectivity index (χ1) is 11.0. The summed E-state index contributed by atoms with van der Waals surface area (Å²) >= 11 is 0. The lowest BCUT2D eigenvalue weighted by atomic mass is 10.1. The molecular formula is C16H21FN4O2. The van der Waals surface area contributed by atoms with Crippen molar-refractivity contribution in [3.63, 3.8) is 0 Å². The predicted octanol–water partition coefficient (Wildman–Crippen LogP) is 1.99. The minimum absolute atomic E-state index is 0.0172. The monoisotopic (exact) mass is 320 g/mol. The van der Waals surface area contributed by atoms with Crippen LogP contribution >= 0.6 is 0 Å². The van der Waals surface area contributed by atoms with Gasteiger partial charge in [-0.05, 0) is 38.3 Å². The molecule has 1 aliphatic heterocycles. The smallest absolute Gasteiger partial charge is 0.266 e. The van der Waals surface area contributed by atoms with Crippen molar-refractivity contribution >= 4 is 5.82 Å². The zero-order valence-electron chi connectivity index (χ0n) is 13.2. The molecule has 6 nitrogen and oxygen atoms in total. The number of aliphatic hydroxyl groups excluding tert-OH is 1. The standard InChI is InChI=1S/C16H21FN4O2/c1-10(2)21-16(6-15(23)19-21)20-13(9-22)3-4-14(20)11-5-12(17)8-18-7-11/h5-8,10,13-14,22H,3-4,9H2,1-2H3,(H,19,23)/t13-,14+/m0/s1. The molecule has 3 rings (SSSR count). The molecule has 3 heterocycles. The molecule has 0 saturated carbocycles. The lowest BCUT2D eigenvalue weighted by molar-refractivity contribution is 0.263. The van der Waals surface area contributed by atoms with Crippen LogP contribution in [-0.4, -0.2) is 32.5 Å². The van der Waals surface area contributed by atoms with E-state index in [0.717, 1.165) is 24.2 Å². The average Bonchev–Trinajstić information content (AvgIpc) is 3.09. The number of hydrogen-bond donors (Lipinski definition) is 2. The van der Waals surface area contributed by atoms with E-state index in [2.05, 4.69) is 10.1 Å². The van der Waals surface area contributed by atoms with Gasteiger partial charge in [0.05, 0.1) is 24.9 Å². The zero-order chi connectivity index (χ0) is 16.6. The maximum absolute atomic E-state index is 13.5. The Bertz CT molecular complexity index is 740. The Labute approximate surface area is 133 Å². The maximum Gasteiger partial charge on any atom is 0.266 e. The molecule has 0 amide bonds. The van der Waals surface area contributed by atoms with E-state index in [9.17, 15) is 14.3 Å². The van der Waals surface area contributed by atoms with Crippen LogP contribution in [0.4, 0.5) is 10.2 Å². The maximum atomic E-state index is 13.5. The van der Waals surface area contributed by atoms with Gasteiger partial charge in [0.15, 0.2) is 0 Å². The van der Waals surface area contributed by atoms with Gasteiger partial charge in [-0.2, -0.15) is 0 Å². The van der Waals surface area contributed by atoms with Gasteiger partial charge in [-0.3, -0.25) is 19.6 Å². The molecule has 0 aliphatic carbocycles. The van der Waals surface area contributed by atoms with Crippen molar-refractivity contribution in [1.29, 1.82) is 0 Å². The van der Waals surface area contributed by atoms with Gasteiger partial charge >= 0.3 is 0 Å². The van der Waals surface area contributed by atoms with Crippen molar-refractivity contribution < 1.29 is 9.50 Å². The van der Waals surface area contributed by atoms with E-state index >= 15 is 0 Å². The van der Waals surface area contributed by atoms with E-state index in [1.54, 1.807) is 10.9 Å². The second-order valence-corrected chi connectivity index (χ2v) is 6.22. The van der Waals surface area contributed by atoms with Crippen molar-refractivity contribution in [2.45, 2.75) is 44.8 Å². The molecule has 2 aromatic heterocycles. The molecule has 2 atom stereocenters. The number of rotatable bonds is 4. The molecule has 1 fully saturated rings. The number of nitrogens with one attached hydrogen (secondary N) is 1. The van der Waals surface area contributed by atoms with Crippen molar-refractivity contribution in [3.05, 3.63) is 46.3 Å². The fourth-order valence-electron chi connectivity index (χ4n) is 3.33. The summed E-state index contributed by atoms with van der Waals surface area (Å²) in [6.07, 6.45) is 4.36. The number of halogens is 1. The number of aromatic nitrogens is 3. The SMILES string of the molecule is CC(C)n1[nH]c(=O)cc1N1[C@H](CO)CC[C@@H]1c1cncc(F)c1. The predicted molar refractivity (Wildman–Crippen MR) is 85.0 cm³/mol. The lowest BCUT2D eigenvalue weighted by Crippen LogP contribution is -2.36. The molecule has 2 N–H and O–H groups in total. The van der Waals surface area contributed by atoms with Crippen LogP contribution in [0.15, 0.2) is 29.3 Å². The van der Waals surface area contributed by atoms with E-state index in [1.807, 2.05) is 18.7 Å².